The van der Waals surface area contributed by atoms with Crippen molar-refractivity contribution >= 4 is 5.91 Å². The molecule has 0 bridgehead atoms. The Morgan fingerprint density at radius 1 is 1.32 bits per heavy atom. The molecule has 0 saturated heterocycles. The summed E-state index contributed by atoms with van der Waals surface area (Å²) in [5, 5.41) is 8.07. The van der Waals surface area contributed by atoms with Crippen LogP contribution in [0, 0.1) is 0 Å². The molecule has 0 aliphatic carbocycles. The van der Waals surface area contributed by atoms with Gasteiger partial charge in [-0.25, -0.2) is 4.68 Å². The second kappa shape index (κ2) is 5.85. The zero-order valence-corrected chi connectivity index (χ0v) is 12.4. The Bertz CT molecular complexity index is 750. The Kier molecular flexibility index (Phi) is 3.74. The Morgan fingerprint density at radius 3 is 2.86 bits per heavy atom. The summed E-state index contributed by atoms with van der Waals surface area (Å²) in [5.74, 6) is -0.0792. The standard InChI is InChI=1S/C16H16N4O2/c1-12(15-7-10-22-18-15)19(2)16(21)13-5-3-6-14(11-13)20-9-4-8-17-20/h3-12H,1-2H3/t12-/m1/s1. The maximum atomic E-state index is 12.6. The van der Waals surface area contributed by atoms with Crippen molar-refractivity contribution in [3.8, 4) is 5.69 Å². The monoisotopic (exact) mass is 296 g/mol. The van der Waals surface area contributed by atoms with E-state index in [-0.39, 0.29) is 11.9 Å². The molecule has 112 valence electrons. The minimum absolute atomic E-state index is 0.0792. The van der Waals surface area contributed by atoms with E-state index in [0.717, 1.165) is 11.4 Å². The van der Waals surface area contributed by atoms with E-state index in [2.05, 4.69) is 10.3 Å². The Labute approximate surface area is 127 Å². The van der Waals surface area contributed by atoms with Crippen LogP contribution in [0.1, 0.15) is 29.0 Å². The van der Waals surface area contributed by atoms with Gasteiger partial charge in [-0.15, -0.1) is 0 Å². The van der Waals surface area contributed by atoms with E-state index >= 15 is 0 Å². The number of nitrogens with zero attached hydrogens (tertiary/aromatic N) is 4. The zero-order valence-electron chi connectivity index (χ0n) is 12.4. The van der Waals surface area contributed by atoms with Gasteiger partial charge in [0.05, 0.1) is 11.7 Å². The molecule has 0 N–H and O–H groups in total. The molecule has 1 aromatic carbocycles. The summed E-state index contributed by atoms with van der Waals surface area (Å²) in [6, 6.07) is 10.8. The lowest BCUT2D eigenvalue weighted by Crippen LogP contribution is -2.29. The first kappa shape index (κ1) is 14.1. The Hall–Kier alpha value is -2.89. The molecule has 6 nitrogen and oxygen atoms in total. The fourth-order valence-electron chi connectivity index (χ4n) is 2.22. The topological polar surface area (TPSA) is 64.2 Å². The smallest absolute Gasteiger partial charge is 0.254 e. The fraction of sp³-hybridized carbons (Fsp3) is 0.188. The fourth-order valence-corrected chi connectivity index (χ4v) is 2.22. The summed E-state index contributed by atoms with van der Waals surface area (Å²) in [5.41, 5.74) is 2.17. The summed E-state index contributed by atoms with van der Waals surface area (Å²) in [7, 11) is 1.75. The molecule has 3 rings (SSSR count). The van der Waals surface area contributed by atoms with Crippen LogP contribution in [0.5, 0.6) is 0 Å². The molecule has 1 atom stereocenters. The van der Waals surface area contributed by atoms with Gasteiger partial charge in [0.2, 0.25) is 0 Å². The van der Waals surface area contributed by atoms with Gasteiger partial charge in [0, 0.05) is 31.1 Å². The Morgan fingerprint density at radius 2 is 2.18 bits per heavy atom. The summed E-state index contributed by atoms with van der Waals surface area (Å²) in [6.07, 6.45) is 5.04. The lowest BCUT2D eigenvalue weighted by molar-refractivity contribution is 0.0737. The minimum Gasteiger partial charge on any atom is -0.364 e. The maximum Gasteiger partial charge on any atom is 0.254 e. The summed E-state index contributed by atoms with van der Waals surface area (Å²) >= 11 is 0. The van der Waals surface area contributed by atoms with Gasteiger partial charge in [-0.2, -0.15) is 5.10 Å². The summed E-state index contributed by atoms with van der Waals surface area (Å²) in [6.45, 7) is 1.91. The van der Waals surface area contributed by atoms with Crippen LogP contribution in [0.4, 0.5) is 0 Å². The molecule has 2 heterocycles. The van der Waals surface area contributed by atoms with E-state index in [1.807, 2.05) is 37.4 Å². The van der Waals surface area contributed by atoms with E-state index in [1.165, 1.54) is 6.26 Å². The zero-order chi connectivity index (χ0) is 15.5. The van der Waals surface area contributed by atoms with Crippen molar-refractivity contribution in [3.05, 3.63) is 66.3 Å². The van der Waals surface area contributed by atoms with Gasteiger partial charge in [0.25, 0.3) is 5.91 Å². The predicted octanol–water partition coefficient (Wildman–Crippen LogP) is 2.69. The molecule has 1 amide bonds. The molecule has 0 aliphatic heterocycles. The van der Waals surface area contributed by atoms with Crippen LogP contribution >= 0.6 is 0 Å². The highest BCUT2D eigenvalue weighted by Crippen LogP contribution is 2.20. The van der Waals surface area contributed by atoms with E-state index in [0.29, 0.717) is 5.56 Å². The van der Waals surface area contributed by atoms with Crippen LogP contribution in [0.15, 0.2) is 59.6 Å². The summed E-state index contributed by atoms with van der Waals surface area (Å²) in [4.78, 5) is 14.3. The normalized spacial score (nSPS) is 12.1. The molecule has 6 heteroatoms. The molecule has 0 aliphatic rings. The van der Waals surface area contributed by atoms with Gasteiger partial charge in [-0.3, -0.25) is 4.79 Å². The van der Waals surface area contributed by atoms with E-state index in [1.54, 1.807) is 35.0 Å². The highest BCUT2D eigenvalue weighted by Gasteiger charge is 2.21. The Balaban J connectivity index is 1.84. The minimum atomic E-state index is -0.167. The number of rotatable bonds is 4. The first-order valence-corrected chi connectivity index (χ1v) is 6.94. The molecular formula is C16H16N4O2. The van der Waals surface area contributed by atoms with E-state index in [9.17, 15) is 4.79 Å². The van der Waals surface area contributed by atoms with Crippen molar-refractivity contribution in [1.29, 1.82) is 0 Å². The maximum absolute atomic E-state index is 12.6. The average Bonchev–Trinajstić information content (AvgIpc) is 3.25. The van der Waals surface area contributed by atoms with E-state index < -0.39 is 0 Å². The first-order valence-electron chi connectivity index (χ1n) is 6.94. The number of aromatic nitrogens is 3. The van der Waals surface area contributed by atoms with Crippen LogP contribution in [-0.4, -0.2) is 32.8 Å². The molecule has 3 aromatic rings. The van der Waals surface area contributed by atoms with Gasteiger partial charge in [0.1, 0.15) is 12.0 Å². The van der Waals surface area contributed by atoms with E-state index in [4.69, 9.17) is 4.52 Å². The molecule has 2 aromatic heterocycles. The number of carbonyl (C=O) groups is 1. The van der Waals surface area contributed by atoms with Gasteiger partial charge in [0.15, 0.2) is 0 Å². The third-order valence-electron chi connectivity index (χ3n) is 3.65. The van der Waals surface area contributed by atoms with Gasteiger partial charge in [-0.1, -0.05) is 11.2 Å². The molecule has 0 unspecified atom stereocenters. The van der Waals surface area contributed by atoms with Crippen LogP contribution in [0.25, 0.3) is 5.69 Å². The third kappa shape index (κ3) is 2.63. The highest BCUT2D eigenvalue weighted by molar-refractivity contribution is 5.94. The van der Waals surface area contributed by atoms with Gasteiger partial charge in [-0.05, 0) is 31.2 Å². The van der Waals surface area contributed by atoms with Crippen molar-refractivity contribution in [2.45, 2.75) is 13.0 Å². The van der Waals surface area contributed by atoms with Crippen molar-refractivity contribution < 1.29 is 9.32 Å². The van der Waals surface area contributed by atoms with Gasteiger partial charge >= 0.3 is 0 Å². The number of hydrogen-bond donors (Lipinski definition) is 0. The molecule has 0 radical (unpaired) electrons. The molecule has 22 heavy (non-hydrogen) atoms. The van der Waals surface area contributed by atoms with Crippen LogP contribution in [0.2, 0.25) is 0 Å². The van der Waals surface area contributed by atoms with Crippen LogP contribution < -0.4 is 0 Å². The lowest BCUT2D eigenvalue weighted by Gasteiger charge is -2.23. The average molecular weight is 296 g/mol. The van der Waals surface area contributed by atoms with Crippen molar-refractivity contribution in [2.75, 3.05) is 7.05 Å². The van der Waals surface area contributed by atoms with Crippen LogP contribution in [0.3, 0.4) is 0 Å². The SMILES string of the molecule is C[C@H](c1ccon1)N(C)C(=O)c1cccc(-n2cccn2)c1. The van der Waals surface area contributed by atoms with Crippen molar-refractivity contribution in [2.24, 2.45) is 0 Å². The van der Waals surface area contributed by atoms with Crippen molar-refractivity contribution in [3.63, 3.8) is 0 Å². The number of carbonyl (C=O) groups excluding carboxylic acids is 1. The molecule has 0 spiro atoms. The third-order valence-corrected chi connectivity index (χ3v) is 3.65. The molecule has 0 saturated carbocycles. The number of benzene rings is 1. The largest absolute Gasteiger partial charge is 0.364 e. The first-order chi connectivity index (χ1) is 10.7. The highest BCUT2D eigenvalue weighted by atomic mass is 16.5. The van der Waals surface area contributed by atoms with Crippen molar-refractivity contribution in [1.82, 2.24) is 19.8 Å². The second-order valence-corrected chi connectivity index (χ2v) is 5.02. The number of hydrogen-bond acceptors (Lipinski definition) is 4. The quantitative estimate of drug-likeness (QED) is 0.742. The number of amides is 1. The second-order valence-electron chi connectivity index (χ2n) is 5.02. The van der Waals surface area contributed by atoms with Crippen LogP contribution in [-0.2, 0) is 0 Å². The lowest BCUT2D eigenvalue weighted by atomic mass is 10.1. The van der Waals surface area contributed by atoms with Gasteiger partial charge < -0.3 is 9.42 Å². The molecular weight excluding hydrogens is 280 g/mol. The summed E-state index contributed by atoms with van der Waals surface area (Å²) < 4.78 is 6.56. The molecule has 0 fully saturated rings. The predicted molar refractivity (Wildman–Crippen MR) is 80.6 cm³/mol.